The van der Waals surface area contributed by atoms with E-state index in [2.05, 4.69) is 5.10 Å². The van der Waals surface area contributed by atoms with Crippen molar-refractivity contribution in [1.82, 2.24) is 9.78 Å². The average Bonchev–Trinajstić information content (AvgIpc) is 2.60. The van der Waals surface area contributed by atoms with E-state index in [4.69, 9.17) is 16.3 Å². The largest absolute Gasteiger partial charge is 0.461 e. The van der Waals surface area contributed by atoms with E-state index in [1.807, 2.05) is 0 Å². The molecule has 124 valence electrons. The molecule has 1 aliphatic carbocycles. The molecule has 22 heavy (non-hydrogen) atoms. The van der Waals surface area contributed by atoms with Crippen LogP contribution in [0.4, 0.5) is 19.0 Å². The van der Waals surface area contributed by atoms with Crippen LogP contribution in [0.25, 0.3) is 0 Å². The van der Waals surface area contributed by atoms with Gasteiger partial charge in [0.15, 0.2) is 5.69 Å². The lowest BCUT2D eigenvalue weighted by atomic mass is 9.91. The number of carbonyl (C=O) groups is 1. The van der Waals surface area contributed by atoms with Crippen LogP contribution in [-0.4, -0.2) is 41.1 Å². The van der Waals surface area contributed by atoms with Crippen molar-refractivity contribution in [2.24, 2.45) is 7.05 Å². The fourth-order valence-electron chi connectivity index (χ4n) is 2.40. The lowest BCUT2D eigenvalue weighted by Crippen LogP contribution is -2.46. The second kappa shape index (κ2) is 6.36. The van der Waals surface area contributed by atoms with Gasteiger partial charge in [0.2, 0.25) is 0 Å². The minimum Gasteiger partial charge on any atom is -0.461 e. The number of rotatable bonds is 5. The molecule has 0 aromatic carbocycles. The van der Waals surface area contributed by atoms with Crippen LogP contribution in [-0.2, 0) is 11.8 Å². The predicted octanol–water partition coefficient (Wildman–Crippen LogP) is 3.17. The maximum Gasteiger partial charge on any atom is 0.405 e. The fraction of sp³-hybridized carbons (Fsp3) is 0.692. The Morgan fingerprint density at radius 1 is 1.50 bits per heavy atom. The van der Waals surface area contributed by atoms with Crippen LogP contribution in [0.2, 0.25) is 5.02 Å². The van der Waals surface area contributed by atoms with Gasteiger partial charge >= 0.3 is 12.1 Å². The molecule has 5 nitrogen and oxygen atoms in total. The van der Waals surface area contributed by atoms with E-state index >= 15 is 0 Å². The normalized spacial score (nSPS) is 15.5. The lowest BCUT2D eigenvalue weighted by molar-refractivity contribution is -0.121. The number of hydrogen-bond donors (Lipinski definition) is 0. The molecule has 1 fully saturated rings. The first kappa shape index (κ1) is 16.9. The number of aryl methyl sites for hydroxylation is 1. The van der Waals surface area contributed by atoms with E-state index < -0.39 is 18.7 Å². The third-order valence-corrected chi connectivity index (χ3v) is 3.91. The standard InChI is InChI=1S/C13H17ClF3N3O2/c1-3-22-12(21)10-9(14)11(19(2)18-10)20(7-13(15,16)17)8-5-4-6-8/h8H,3-7H2,1-2H3. The highest BCUT2D eigenvalue weighted by Gasteiger charge is 2.39. The van der Waals surface area contributed by atoms with Crippen molar-refractivity contribution in [3.05, 3.63) is 10.7 Å². The molecule has 1 aliphatic rings. The number of anilines is 1. The molecule has 0 unspecified atom stereocenters. The Kier molecular flexibility index (Phi) is 4.89. The first-order chi connectivity index (χ1) is 10.2. The number of halogens is 4. The molecule has 0 spiro atoms. The van der Waals surface area contributed by atoms with Crippen LogP contribution >= 0.6 is 11.6 Å². The summed E-state index contributed by atoms with van der Waals surface area (Å²) in [4.78, 5) is 13.0. The summed E-state index contributed by atoms with van der Waals surface area (Å²) in [6.45, 7) is 0.634. The van der Waals surface area contributed by atoms with Crippen molar-refractivity contribution in [3.63, 3.8) is 0 Å². The van der Waals surface area contributed by atoms with Gasteiger partial charge in [-0.1, -0.05) is 11.6 Å². The zero-order valence-corrected chi connectivity index (χ0v) is 13.0. The molecule has 0 aliphatic heterocycles. The van der Waals surface area contributed by atoms with Gasteiger partial charge in [-0.2, -0.15) is 18.3 Å². The van der Waals surface area contributed by atoms with E-state index in [1.165, 1.54) is 16.6 Å². The van der Waals surface area contributed by atoms with Crippen molar-refractivity contribution in [2.45, 2.75) is 38.4 Å². The number of esters is 1. The van der Waals surface area contributed by atoms with Gasteiger partial charge < -0.3 is 9.64 Å². The van der Waals surface area contributed by atoms with E-state index in [0.717, 1.165) is 6.42 Å². The molecule has 1 aromatic rings. The monoisotopic (exact) mass is 339 g/mol. The number of hydrogen-bond acceptors (Lipinski definition) is 4. The minimum absolute atomic E-state index is 0.0999. The number of carbonyl (C=O) groups excluding carboxylic acids is 1. The van der Waals surface area contributed by atoms with Gasteiger partial charge in [-0.3, -0.25) is 4.68 Å². The van der Waals surface area contributed by atoms with Crippen molar-refractivity contribution >= 4 is 23.4 Å². The molecule has 1 heterocycles. The Bertz CT molecular complexity index is 555. The van der Waals surface area contributed by atoms with Crippen LogP contribution < -0.4 is 4.90 Å². The summed E-state index contributed by atoms with van der Waals surface area (Å²) in [5, 5.41) is 3.82. The van der Waals surface area contributed by atoms with Gasteiger partial charge in [0.05, 0.1) is 6.61 Å². The molecular weight excluding hydrogens is 323 g/mol. The van der Waals surface area contributed by atoms with Gasteiger partial charge in [0, 0.05) is 13.1 Å². The minimum atomic E-state index is -4.37. The van der Waals surface area contributed by atoms with E-state index in [0.29, 0.717) is 12.8 Å². The first-order valence-electron chi connectivity index (χ1n) is 6.97. The predicted molar refractivity (Wildman–Crippen MR) is 75.2 cm³/mol. The highest BCUT2D eigenvalue weighted by Crippen LogP contribution is 2.37. The zero-order chi connectivity index (χ0) is 16.5. The fourth-order valence-corrected chi connectivity index (χ4v) is 2.75. The summed E-state index contributed by atoms with van der Waals surface area (Å²) in [7, 11) is 1.46. The van der Waals surface area contributed by atoms with E-state index in [-0.39, 0.29) is 29.2 Å². The summed E-state index contributed by atoms with van der Waals surface area (Å²) >= 11 is 6.12. The Morgan fingerprint density at radius 2 is 2.14 bits per heavy atom. The SMILES string of the molecule is CCOC(=O)c1nn(C)c(N(CC(F)(F)F)C2CCC2)c1Cl. The molecule has 0 atom stereocenters. The number of aromatic nitrogens is 2. The molecule has 0 amide bonds. The maximum atomic E-state index is 12.9. The number of alkyl halides is 3. The van der Waals surface area contributed by atoms with Gasteiger partial charge in [-0.05, 0) is 26.2 Å². The van der Waals surface area contributed by atoms with Crippen molar-refractivity contribution in [3.8, 4) is 0 Å². The Balaban J connectivity index is 2.36. The highest BCUT2D eigenvalue weighted by molar-refractivity contribution is 6.35. The van der Waals surface area contributed by atoms with Gasteiger partial charge in [-0.25, -0.2) is 4.79 Å². The highest BCUT2D eigenvalue weighted by atomic mass is 35.5. The first-order valence-corrected chi connectivity index (χ1v) is 7.35. The van der Waals surface area contributed by atoms with Crippen molar-refractivity contribution in [1.29, 1.82) is 0 Å². The van der Waals surface area contributed by atoms with E-state index in [9.17, 15) is 18.0 Å². The molecule has 1 aromatic heterocycles. The summed E-state index contributed by atoms with van der Waals surface area (Å²) in [6, 6.07) is -0.246. The molecule has 2 rings (SSSR count). The van der Waals surface area contributed by atoms with Gasteiger partial charge in [0.25, 0.3) is 0 Å². The van der Waals surface area contributed by atoms with Crippen LogP contribution in [0.5, 0.6) is 0 Å². The molecule has 0 saturated heterocycles. The van der Waals surface area contributed by atoms with Crippen molar-refractivity contribution < 1.29 is 22.7 Å². The Hall–Kier alpha value is -1.44. The van der Waals surface area contributed by atoms with Gasteiger partial charge in [0.1, 0.15) is 17.4 Å². The summed E-state index contributed by atoms with van der Waals surface area (Å²) in [6.07, 6.45) is -2.18. The second-order valence-corrected chi connectivity index (χ2v) is 5.54. The molecule has 0 N–H and O–H groups in total. The molecule has 9 heteroatoms. The Morgan fingerprint density at radius 3 is 2.59 bits per heavy atom. The topological polar surface area (TPSA) is 47.4 Å². The zero-order valence-electron chi connectivity index (χ0n) is 12.3. The van der Waals surface area contributed by atoms with Crippen LogP contribution in [0.15, 0.2) is 0 Å². The summed E-state index contributed by atoms with van der Waals surface area (Å²) in [5.74, 6) is -0.637. The van der Waals surface area contributed by atoms with E-state index in [1.54, 1.807) is 6.92 Å². The molecule has 1 saturated carbocycles. The van der Waals surface area contributed by atoms with Crippen LogP contribution in [0, 0.1) is 0 Å². The summed E-state index contributed by atoms with van der Waals surface area (Å²) in [5.41, 5.74) is -0.160. The second-order valence-electron chi connectivity index (χ2n) is 5.16. The average molecular weight is 340 g/mol. The van der Waals surface area contributed by atoms with Crippen LogP contribution in [0.3, 0.4) is 0 Å². The number of ether oxygens (including phenoxy) is 1. The smallest absolute Gasteiger partial charge is 0.405 e. The Labute approximate surface area is 131 Å². The van der Waals surface area contributed by atoms with Crippen LogP contribution in [0.1, 0.15) is 36.7 Å². The van der Waals surface area contributed by atoms with Crippen molar-refractivity contribution in [2.75, 3.05) is 18.1 Å². The maximum absolute atomic E-state index is 12.9. The summed E-state index contributed by atoms with van der Waals surface area (Å²) < 4.78 is 44.6. The van der Waals surface area contributed by atoms with Gasteiger partial charge in [-0.15, -0.1) is 0 Å². The quantitative estimate of drug-likeness (QED) is 0.773. The molecule has 0 bridgehead atoms. The number of nitrogens with zero attached hydrogens (tertiary/aromatic N) is 3. The third kappa shape index (κ3) is 3.48. The molecular formula is C13H17ClF3N3O2. The molecule has 0 radical (unpaired) electrons. The lowest BCUT2D eigenvalue weighted by Gasteiger charge is -2.39. The third-order valence-electron chi connectivity index (χ3n) is 3.57.